The number of rotatable bonds is 3. The quantitative estimate of drug-likeness (QED) is 0.859. The number of likely N-dealkylation sites (tertiary alicyclic amines) is 1. The van der Waals surface area contributed by atoms with Crippen LogP contribution in [0.1, 0.15) is 24.1 Å². The average molecular weight is 288 g/mol. The molecule has 106 valence electrons. The van der Waals surface area contributed by atoms with Crippen molar-refractivity contribution < 1.29 is 15.0 Å². The molecule has 2 N–H and O–H groups in total. The Morgan fingerprint density at radius 3 is 2.79 bits per heavy atom. The summed E-state index contributed by atoms with van der Waals surface area (Å²) < 4.78 is 1.58. The molecule has 0 saturated carbocycles. The summed E-state index contributed by atoms with van der Waals surface area (Å²) >= 11 is 6.17. The number of carbonyl (C=O) groups is 1. The van der Waals surface area contributed by atoms with Crippen LogP contribution in [-0.2, 0) is 18.4 Å². The maximum Gasteiger partial charge on any atom is 0.321 e. The maximum atomic E-state index is 11.3. The standard InChI is InChI=1S/C12H18ClN3O3/c1-7-9(11(13)15(2)14-7)6-16-4-3-8(17)5-10(16)12(18)19/h8,10,17H,3-6H2,1-2H3,(H,18,19)/t8-,10+/m1/s1. The second kappa shape index (κ2) is 5.48. The van der Waals surface area contributed by atoms with Gasteiger partial charge in [-0.05, 0) is 19.8 Å². The Hall–Kier alpha value is -1.11. The number of halogens is 1. The van der Waals surface area contributed by atoms with Gasteiger partial charge in [0.15, 0.2) is 0 Å². The van der Waals surface area contributed by atoms with Crippen molar-refractivity contribution in [3.63, 3.8) is 0 Å². The molecule has 1 aromatic rings. The number of carboxylic acids is 1. The molecule has 0 radical (unpaired) electrons. The van der Waals surface area contributed by atoms with E-state index in [1.165, 1.54) is 0 Å². The molecule has 0 bridgehead atoms. The van der Waals surface area contributed by atoms with Gasteiger partial charge >= 0.3 is 5.97 Å². The minimum Gasteiger partial charge on any atom is -0.480 e. The SMILES string of the molecule is Cc1nn(C)c(Cl)c1CN1CC[C@@H](O)C[C@H]1C(=O)O. The minimum atomic E-state index is -0.906. The highest BCUT2D eigenvalue weighted by Crippen LogP contribution is 2.25. The molecule has 0 unspecified atom stereocenters. The highest BCUT2D eigenvalue weighted by molar-refractivity contribution is 6.30. The Kier molecular flexibility index (Phi) is 4.13. The number of hydrogen-bond donors (Lipinski definition) is 2. The first-order valence-corrected chi connectivity index (χ1v) is 6.60. The van der Waals surface area contributed by atoms with Crippen LogP contribution < -0.4 is 0 Å². The highest BCUT2D eigenvalue weighted by Gasteiger charge is 2.33. The third kappa shape index (κ3) is 2.91. The van der Waals surface area contributed by atoms with Gasteiger partial charge in [0.2, 0.25) is 0 Å². The molecular weight excluding hydrogens is 270 g/mol. The van der Waals surface area contributed by atoms with Crippen molar-refractivity contribution in [2.45, 2.75) is 38.5 Å². The molecule has 0 aliphatic carbocycles. The molecule has 2 rings (SSSR count). The van der Waals surface area contributed by atoms with Crippen molar-refractivity contribution in [1.82, 2.24) is 14.7 Å². The molecule has 1 saturated heterocycles. The third-order valence-electron chi connectivity index (χ3n) is 3.60. The van der Waals surface area contributed by atoms with E-state index < -0.39 is 18.1 Å². The first-order chi connectivity index (χ1) is 8.90. The lowest BCUT2D eigenvalue weighted by Crippen LogP contribution is -2.48. The third-order valence-corrected chi connectivity index (χ3v) is 4.07. The van der Waals surface area contributed by atoms with Crippen molar-refractivity contribution in [2.24, 2.45) is 7.05 Å². The van der Waals surface area contributed by atoms with E-state index in [0.29, 0.717) is 24.7 Å². The zero-order valence-electron chi connectivity index (χ0n) is 11.0. The summed E-state index contributed by atoms with van der Waals surface area (Å²) in [5.74, 6) is -0.906. The van der Waals surface area contributed by atoms with E-state index in [0.717, 1.165) is 11.3 Å². The fourth-order valence-corrected chi connectivity index (χ4v) is 2.73. The van der Waals surface area contributed by atoms with Crippen molar-refractivity contribution in [3.05, 3.63) is 16.4 Å². The van der Waals surface area contributed by atoms with E-state index in [-0.39, 0.29) is 6.42 Å². The first-order valence-electron chi connectivity index (χ1n) is 6.23. The van der Waals surface area contributed by atoms with Crippen molar-refractivity contribution >= 4 is 17.6 Å². The Morgan fingerprint density at radius 2 is 2.26 bits per heavy atom. The lowest BCUT2D eigenvalue weighted by molar-refractivity contribution is -0.147. The molecule has 0 amide bonds. The van der Waals surface area contributed by atoms with Crippen LogP contribution in [0.2, 0.25) is 5.15 Å². The summed E-state index contributed by atoms with van der Waals surface area (Å²) in [6, 6.07) is -0.667. The molecule has 1 fully saturated rings. The maximum absolute atomic E-state index is 11.3. The molecule has 1 aromatic heterocycles. The van der Waals surface area contributed by atoms with Gasteiger partial charge in [-0.2, -0.15) is 5.10 Å². The van der Waals surface area contributed by atoms with E-state index in [1.54, 1.807) is 11.7 Å². The summed E-state index contributed by atoms with van der Waals surface area (Å²) in [6.45, 7) is 2.85. The monoisotopic (exact) mass is 287 g/mol. The Labute approximate surface area is 116 Å². The van der Waals surface area contributed by atoms with Gasteiger partial charge in [0.25, 0.3) is 0 Å². The Morgan fingerprint density at radius 1 is 1.58 bits per heavy atom. The fourth-order valence-electron chi connectivity index (χ4n) is 2.50. The fraction of sp³-hybridized carbons (Fsp3) is 0.667. The van der Waals surface area contributed by atoms with Gasteiger partial charge in [-0.15, -0.1) is 0 Å². The zero-order chi connectivity index (χ0) is 14.2. The van der Waals surface area contributed by atoms with Gasteiger partial charge in [-0.25, -0.2) is 0 Å². The number of aromatic nitrogens is 2. The predicted molar refractivity (Wildman–Crippen MR) is 70.0 cm³/mol. The van der Waals surface area contributed by atoms with Crippen LogP contribution in [-0.4, -0.2) is 49.6 Å². The molecular formula is C12H18ClN3O3. The summed E-state index contributed by atoms with van der Waals surface area (Å²) in [5.41, 5.74) is 1.66. The normalized spacial score (nSPS) is 24.6. The van der Waals surface area contributed by atoms with E-state index in [9.17, 15) is 15.0 Å². The van der Waals surface area contributed by atoms with Gasteiger partial charge in [0, 0.05) is 25.7 Å². The lowest BCUT2D eigenvalue weighted by atomic mass is 9.99. The van der Waals surface area contributed by atoms with Gasteiger partial charge in [0.1, 0.15) is 11.2 Å². The minimum absolute atomic E-state index is 0.256. The van der Waals surface area contributed by atoms with Crippen LogP contribution in [0, 0.1) is 6.92 Å². The van der Waals surface area contributed by atoms with Crippen molar-refractivity contribution in [2.75, 3.05) is 6.54 Å². The van der Waals surface area contributed by atoms with Gasteiger partial charge < -0.3 is 10.2 Å². The van der Waals surface area contributed by atoms with E-state index in [4.69, 9.17) is 11.6 Å². The number of piperidine rings is 1. The molecule has 1 aliphatic heterocycles. The van der Waals surface area contributed by atoms with Crippen LogP contribution in [0.4, 0.5) is 0 Å². The van der Waals surface area contributed by atoms with E-state index in [1.807, 2.05) is 11.8 Å². The second-order valence-corrected chi connectivity index (χ2v) is 5.34. The number of aryl methyl sites for hydroxylation is 2. The number of aliphatic hydroxyl groups is 1. The van der Waals surface area contributed by atoms with Crippen molar-refractivity contribution in [3.8, 4) is 0 Å². The number of aliphatic carboxylic acids is 1. The summed E-state index contributed by atoms with van der Waals surface area (Å²) in [6.07, 6.45) is 0.301. The van der Waals surface area contributed by atoms with Crippen LogP contribution in [0.15, 0.2) is 0 Å². The van der Waals surface area contributed by atoms with Gasteiger partial charge in [-0.1, -0.05) is 11.6 Å². The van der Waals surface area contributed by atoms with Crippen LogP contribution in [0.5, 0.6) is 0 Å². The van der Waals surface area contributed by atoms with Crippen LogP contribution in [0.3, 0.4) is 0 Å². The molecule has 7 heteroatoms. The van der Waals surface area contributed by atoms with E-state index in [2.05, 4.69) is 5.10 Å². The second-order valence-electron chi connectivity index (χ2n) is 4.98. The summed E-state index contributed by atoms with van der Waals surface area (Å²) in [5, 5.41) is 23.6. The predicted octanol–water partition coefficient (Wildman–Crippen LogP) is 0.792. The molecule has 0 aromatic carbocycles. The topological polar surface area (TPSA) is 78.6 Å². The first kappa shape index (κ1) is 14.3. The van der Waals surface area contributed by atoms with Gasteiger partial charge in [0.05, 0.1) is 11.8 Å². The zero-order valence-corrected chi connectivity index (χ0v) is 11.8. The largest absolute Gasteiger partial charge is 0.480 e. The molecule has 19 heavy (non-hydrogen) atoms. The smallest absolute Gasteiger partial charge is 0.321 e. The van der Waals surface area contributed by atoms with E-state index >= 15 is 0 Å². The number of aliphatic hydroxyl groups excluding tert-OH is 1. The Bertz CT molecular complexity index is 489. The van der Waals surface area contributed by atoms with Crippen LogP contribution in [0.25, 0.3) is 0 Å². The Balaban J connectivity index is 2.19. The summed E-state index contributed by atoms with van der Waals surface area (Å²) in [7, 11) is 1.76. The van der Waals surface area contributed by atoms with Crippen LogP contribution >= 0.6 is 11.6 Å². The number of carboxylic acid groups (broad SMARTS) is 1. The average Bonchev–Trinajstić information content (AvgIpc) is 2.57. The van der Waals surface area contributed by atoms with Crippen molar-refractivity contribution in [1.29, 1.82) is 0 Å². The molecule has 2 heterocycles. The molecule has 0 spiro atoms. The molecule has 2 atom stereocenters. The highest BCUT2D eigenvalue weighted by atomic mass is 35.5. The summed E-state index contributed by atoms with van der Waals surface area (Å²) in [4.78, 5) is 13.1. The molecule has 1 aliphatic rings. The number of nitrogens with zero attached hydrogens (tertiary/aromatic N) is 3. The lowest BCUT2D eigenvalue weighted by Gasteiger charge is -2.35. The number of hydrogen-bond acceptors (Lipinski definition) is 4. The van der Waals surface area contributed by atoms with Gasteiger partial charge in [-0.3, -0.25) is 14.4 Å². The molecule has 6 nitrogen and oxygen atoms in total.